The van der Waals surface area contributed by atoms with E-state index < -0.39 is 9.85 Å². The van der Waals surface area contributed by atoms with E-state index >= 15 is 0 Å². The molecule has 0 aromatic heterocycles. The maximum Gasteiger partial charge on any atom is 0.289 e. The Labute approximate surface area is 192 Å². The topological polar surface area (TPSA) is 144 Å². The Bertz CT molecular complexity index is 1000. The Morgan fingerprint density at radius 2 is 1.09 bits per heavy atom. The molecule has 32 heavy (non-hydrogen) atoms. The number of carbonyl (C=O) groups is 2. The van der Waals surface area contributed by atoms with Gasteiger partial charge in [0.1, 0.15) is 10.0 Å². The summed E-state index contributed by atoms with van der Waals surface area (Å²) >= 11 is 11.6. The smallest absolute Gasteiger partial charge is 0.289 e. The first-order valence-corrected chi connectivity index (χ1v) is 10.4. The molecule has 168 valence electrons. The number of halogens is 2. The molecule has 0 spiro atoms. The quantitative estimate of drug-likeness (QED) is 0.429. The van der Waals surface area contributed by atoms with Crippen LogP contribution >= 0.6 is 23.2 Å². The van der Waals surface area contributed by atoms with E-state index in [4.69, 9.17) is 23.2 Å². The zero-order chi connectivity index (χ0) is 23.4. The Kier molecular flexibility index (Phi) is 7.26. The predicted molar refractivity (Wildman–Crippen MR) is 119 cm³/mol. The van der Waals surface area contributed by atoms with Crippen LogP contribution in [0.2, 0.25) is 10.0 Å². The van der Waals surface area contributed by atoms with Crippen molar-refractivity contribution < 1.29 is 19.4 Å². The van der Waals surface area contributed by atoms with Gasteiger partial charge in [-0.1, -0.05) is 23.2 Å². The highest BCUT2D eigenvalue weighted by Crippen LogP contribution is 2.33. The van der Waals surface area contributed by atoms with Gasteiger partial charge in [-0.05, 0) is 49.9 Å². The van der Waals surface area contributed by atoms with E-state index in [-0.39, 0.29) is 56.4 Å². The highest BCUT2D eigenvalue weighted by atomic mass is 35.5. The number of anilines is 2. The fourth-order valence-electron chi connectivity index (χ4n) is 3.57. The molecule has 1 aliphatic carbocycles. The van der Waals surface area contributed by atoms with Crippen molar-refractivity contribution in [2.24, 2.45) is 11.8 Å². The van der Waals surface area contributed by atoms with Crippen LogP contribution in [0.15, 0.2) is 36.4 Å². The summed E-state index contributed by atoms with van der Waals surface area (Å²) in [6, 6.07) is 8.06. The molecule has 0 heterocycles. The Hall–Kier alpha value is -3.24. The van der Waals surface area contributed by atoms with Crippen LogP contribution in [0.5, 0.6) is 0 Å². The molecule has 2 amide bonds. The number of hydrogen-bond donors (Lipinski definition) is 2. The van der Waals surface area contributed by atoms with Crippen LogP contribution in [0.3, 0.4) is 0 Å². The van der Waals surface area contributed by atoms with E-state index in [1.807, 2.05) is 0 Å². The monoisotopic (exact) mass is 480 g/mol. The van der Waals surface area contributed by atoms with Gasteiger partial charge in [0.2, 0.25) is 11.8 Å². The van der Waals surface area contributed by atoms with Crippen molar-refractivity contribution in [2.75, 3.05) is 10.6 Å². The number of nitrogens with one attached hydrogen (secondary N) is 2. The maximum atomic E-state index is 12.5. The average molecular weight is 481 g/mol. The van der Waals surface area contributed by atoms with Gasteiger partial charge in [-0.2, -0.15) is 0 Å². The van der Waals surface area contributed by atoms with Gasteiger partial charge in [0.25, 0.3) is 11.4 Å². The van der Waals surface area contributed by atoms with Crippen LogP contribution in [0.4, 0.5) is 22.7 Å². The summed E-state index contributed by atoms with van der Waals surface area (Å²) < 4.78 is 0. The summed E-state index contributed by atoms with van der Waals surface area (Å²) in [5, 5.41) is 27.3. The number of hydrogen-bond acceptors (Lipinski definition) is 6. The number of amides is 2. The number of nitro groups is 2. The minimum Gasteiger partial charge on any atom is -0.326 e. The first-order chi connectivity index (χ1) is 15.2. The SMILES string of the molecule is O=C(Nc1ccc(Cl)c([N+](=O)[O-])c1)C1CCC(C(=O)Nc2ccc(Cl)c([N+](=O)[O-])c2)CC1. The number of rotatable bonds is 6. The number of carbonyl (C=O) groups excluding carboxylic acids is 2. The lowest BCUT2D eigenvalue weighted by Crippen LogP contribution is -2.32. The van der Waals surface area contributed by atoms with Crippen molar-refractivity contribution in [3.05, 3.63) is 66.7 Å². The predicted octanol–water partition coefficient (Wildman–Crippen LogP) is 5.19. The van der Waals surface area contributed by atoms with Gasteiger partial charge in [0, 0.05) is 35.3 Å². The van der Waals surface area contributed by atoms with Crippen LogP contribution in [0, 0.1) is 32.1 Å². The number of nitro benzene ring substituents is 2. The third-order valence-corrected chi connectivity index (χ3v) is 5.93. The van der Waals surface area contributed by atoms with E-state index in [1.54, 1.807) is 0 Å². The first-order valence-electron chi connectivity index (χ1n) is 9.65. The highest BCUT2D eigenvalue weighted by molar-refractivity contribution is 6.33. The van der Waals surface area contributed by atoms with E-state index in [1.165, 1.54) is 36.4 Å². The van der Waals surface area contributed by atoms with Gasteiger partial charge in [-0.15, -0.1) is 0 Å². The molecule has 0 radical (unpaired) electrons. The molecular formula is C20H18Cl2N4O6. The van der Waals surface area contributed by atoms with Crippen molar-refractivity contribution in [2.45, 2.75) is 25.7 Å². The molecule has 0 saturated heterocycles. The van der Waals surface area contributed by atoms with Gasteiger partial charge in [-0.3, -0.25) is 29.8 Å². The molecule has 1 aliphatic rings. The van der Waals surface area contributed by atoms with Gasteiger partial charge in [0.05, 0.1) is 9.85 Å². The highest BCUT2D eigenvalue weighted by Gasteiger charge is 2.30. The van der Waals surface area contributed by atoms with Crippen LogP contribution in [-0.4, -0.2) is 21.7 Å². The molecule has 1 saturated carbocycles. The third-order valence-electron chi connectivity index (χ3n) is 5.29. The van der Waals surface area contributed by atoms with Crippen LogP contribution < -0.4 is 10.6 Å². The number of benzene rings is 2. The summed E-state index contributed by atoms with van der Waals surface area (Å²) in [7, 11) is 0. The second-order valence-corrected chi connectivity index (χ2v) is 8.19. The van der Waals surface area contributed by atoms with Crippen LogP contribution in [-0.2, 0) is 9.59 Å². The van der Waals surface area contributed by atoms with Gasteiger partial charge >= 0.3 is 0 Å². The largest absolute Gasteiger partial charge is 0.326 e. The minimum atomic E-state index is -0.628. The maximum absolute atomic E-state index is 12.5. The van der Waals surface area contributed by atoms with Crippen molar-refractivity contribution in [3.8, 4) is 0 Å². The lowest BCUT2D eigenvalue weighted by Gasteiger charge is -2.27. The Morgan fingerprint density at radius 3 is 1.41 bits per heavy atom. The molecule has 3 rings (SSSR count). The molecule has 2 aromatic carbocycles. The molecule has 0 atom stereocenters. The zero-order valence-electron chi connectivity index (χ0n) is 16.5. The van der Waals surface area contributed by atoms with E-state index in [0.29, 0.717) is 25.7 Å². The molecule has 12 heteroatoms. The van der Waals surface area contributed by atoms with Gasteiger partial charge in [0.15, 0.2) is 0 Å². The summed E-state index contributed by atoms with van der Waals surface area (Å²) in [6.07, 6.45) is 1.83. The lowest BCUT2D eigenvalue weighted by atomic mass is 9.81. The molecule has 0 unspecified atom stereocenters. The van der Waals surface area contributed by atoms with Crippen molar-refractivity contribution in [1.82, 2.24) is 0 Å². The standard InChI is InChI=1S/C20H18Cl2N4O6/c21-15-7-5-13(9-17(15)25(29)30)23-19(27)11-1-2-12(4-3-11)20(28)24-14-6-8-16(22)18(10-14)26(31)32/h5-12H,1-4H2,(H,23,27)(H,24,28). The second-order valence-electron chi connectivity index (χ2n) is 7.37. The zero-order valence-corrected chi connectivity index (χ0v) is 18.1. The lowest BCUT2D eigenvalue weighted by molar-refractivity contribution is -0.384. The summed E-state index contributed by atoms with van der Waals surface area (Å²) in [5.41, 5.74) is -0.0508. The molecule has 2 aromatic rings. The van der Waals surface area contributed by atoms with Gasteiger partial charge in [-0.25, -0.2) is 0 Å². The average Bonchev–Trinajstić information content (AvgIpc) is 2.76. The molecule has 1 fully saturated rings. The van der Waals surface area contributed by atoms with Crippen molar-refractivity contribution >= 4 is 57.8 Å². The third kappa shape index (κ3) is 5.51. The molecule has 0 bridgehead atoms. The van der Waals surface area contributed by atoms with E-state index in [9.17, 15) is 29.8 Å². The van der Waals surface area contributed by atoms with Crippen LogP contribution in [0.1, 0.15) is 25.7 Å². The molecule has 10 nitrogen and oxygen atoms in total. The summed E-state index contributed by atoms with van der Waals surface area (Å²) in [4.78, 5) is 45.8. The van der Waals surface area contributed by atoms with Crippen LogP contribution in [0.25, 0.3) is 0 Å². The summed E-state index contributed by atoms with van der Waals surface area (Å²) in [6.45, 7) is 0. The number of nitrogens with zero attached hydrogens (tertiary/aromatic N) is 2. The molecule has 2 N–H and O–H groups in total. The van der Waals surface area contributed by atoms with Gasteiger partial charge < -0.3 is 10.6 Å². The van der Waals surface area contributed by atoms with Crippen molar-refractivity contribution in [3.63, 3.8) is 0 Å². The Balaban J connectivity index is 1.55. The molecular weight excluding hydrogens is 463 g/mol. The minimum absolute atomic E-state index is 0.0226. The van der Waals surface area contributed by atoms with E-state index in [0.717, 1.165) is 0 Å². The fraction of sp³-hybridized carbons (Fsp3) is 0.300. The second kappa shape index (κ2) is 9.92. The van der Waals surface area contributed by atoms with E-state index in [2.05, 4.69) is 10.6 Å². The first kappa shape index (κ1) is 23.4. The fourth-order valence-corrected chi connectivity index (χ4v) is 3.94. The summed E-state index contributed by atoms with van der Waals surface area (Å²) in [5.74, 6) is -1.25. The Morgan fingerprint density at radius 1 is 0.750 bits per heavy atom. The van der Waals surface area contributed by atoms with Crippen molar-refractivity contribution in [1.29, 1.82) is 0 Å². The normalized spacial score (nSPS) is 17.9. The molecule has 0 aliphatic heterocycles.